The van der Waals surface area contributed by atoms with Crippen LogP contribution in [-0.4, -0.2) is 53.2 Å². The lowest BCUT2D eigenvalue weighted by Gasteiger charge is -2.37. The zero-order valence-electron chi connectivity index (χ0n) is 19.7. The Kier molecular flexibility index (Phi) is 9.11. The van der Waals surface area contributed by atoms with Crippen LogP contribution in [0.3, 0.4) is 0 Å². The molecule has 0 saturated carbocycles. The molecule has 6 nitrogen and oxygen atoms in total. The summed E-state index contributed by atoms with van der Waals surface area (Å²) in [6.45, 7) is 6.40. The van der Waals surface area contributed by atoms with E-state index in [2.05, 4.69) is 46.9 Å². The van der Waals surface area contributed by atoms with Crippen LogP contribution in [0.5, 0.6) is 11.5 Å². The minimum atomic E-state index is 0.469. The number of imidazole rings is 1. The Balaban J connectivity index is 1.75. The summed E-state index contributed by atoms with van der Waals surface area (Å²) in [5.41, 5.74) is 6.35. The second-order valence-corrected chi connectivity index (χ2v) is 9.47. The van der Waals surface area contributed by atoms with Gasteiger partial charge in [-0.05, 0) is 37.3 Å². The van der Waals surface area contributed by atoms with Crippen LogP contribution in [0, 0.1) is 0 Å². The first-order valence-electron chi connectivity index (χ1n) is 11.5. The third-order valence-corrected chi connectivity index (χ3v) is 7.38. The monoisotopic (exact) mass is 446 g/mol. The predicted molar refractivity (Wildman–Crippen MR) is 128 cm³/mol. The van der Waals surface area contributed by atoms with Gasteiger partial charge in [-0.3, -0.25) is 5.43 Å². The van der Waals surface area contributed by atoms with Crippen molar-refractivity contribution in [1.29, 1.82) is 0 Å². The van der Waals surface area contributed by atoms with Crippen LogP contribution in [0.25, 0.3) is 0 Å². The normalized spacial score (nSPS) is 16.9. The van der Waals surface area contributed by atoms with Gasteiger partial charge in [0, 0.05) is 49.4 Å². The van der Waals surface area contributed by atoms with Gasteiger partial charge in [0.1, 0.15) is 0 Å². The summed E-state index contributed by atoms with van der Waals surface area (Å²) in [6.07, 6.45) is 10.7. The van der Waals surface area contributed by atoms with Crippen molar-refractivity contribution in [2.75, 3.05) is 27.3 Å². The number of ether oxygens (including phenoxy) is 2. The largest absolute Gasteiger partial charge is 0.493 e. The van der Waals surface area contributed by atoms with Crippen LogP contribution in [-0.2, 0) is 19.9 Å². The molecule has 0 aliphatic heterocycles. The minimum Gasteiger partial charge on any atom is -0.493 e. The van der Waals surface area contributed by atoms with Crippen LogP contribution in [0.1, 0.15) is 50.7 Å². The molecule has 0 fully saturated rings. The first-order valence-corrected chi connectivity index (χ1v) is 12.4. The maximum absolute atomic E-state index is 5.69. The fraction of sp³-hybridized carbons (Fsp3) is 0.625. The second-order valence-electron chi connectivity index (χ2n) is 8.20. The number of hydrogen-bond donors (Lipinski definition) is 1. The molecule has 2 atom stereocenters. The Bertz CT molecular complexity index is 826. The quantitative estimate of drug-likeness (QED) is 0.383. The number of fused-ring (bicyclic) bond motifs is 1. The first kappa shape index (κ1) is 24.0. The molecule has 1 aromatic heterocycles. The SMILES string of the molecule is CCCCC(CN(NCC)C1CCc2c(ccc(OC)c2OC)C1)Sc1nccn1C. The van der Waals surface area contributed by atoms with E-state index in [1.54, 1.807) is 14.2 Å². The van der Waals surface area contributed by atoms with Gasteiger partial charge in [0.2, 0.25) is 0 Å². The second kappa shape index (κ2) is 11.8. The zero-order chi connectivity index (χ0) is 22.2. The molecule has 0 amide bonds. The summed E-state index contributed by atoms with van der Waals surface area (Å²) in [5, 5.41) is 4.10. The highest BCUT2D eigenvalue weighted by atomic mass is 32.2. The molecule has 1 aliphatic rings. The molecule has 172 valence electrons. The van der Waals surface area contributed by atoms with Crippen molar-refractivity contribution in [3.8, 4) is 11.5 Å². The maximum atomic E-state index is 5.69. The molecule has 0 bridgehead atoms. The molecule has 2 aromatic rings. The average Bonchev–Trinajstić information content (AvgIpc) is 3.19. The summed E-state index contributed by atoms with van der Waals surface area (Å²) in [5.74, 6) is 1.73. The molecule has 0 saturated heterocycles. The average molecular weight is 447 g/mol. The van der Waals surface area contributed by atoms with Crippen LogP contribution < -0.4 is 14.9 Å². The summed E-state index contributed by atoms with van der Waals surface area (Å²) in [6, 6.07) is 4.72. The van der Waals surface area contributed by atoms with Gasteiger partial charge in [0.25, 0.3) is 0 Å². The fourth-order valence-corrected chi connectivity index (χ4v) is 5.60. The van der Waals surface area contributed by atoms with Crippen molar-refractivity contribution < 1.29 is 9.47 Å². The van der Waals surface area contributed by atoms with Crippen molar-refractivity contribution in [3.63, 3.8) is 0 Å². The Hall–Kier alpha value is -1.70. The van der Waals surface area contributed by atoms with Gasteiger partial charge in [-0.2, -0.15) is 0 Å². The Morgan fingerprint density at radius 1 is 1.29 bits per heavy atom. The summed E-state index contributed by atoms with van der Waals surface area (Å²) in [4.78, 5) is 4.56. The maximum Gasteiger partial charge on any atom is 0.167 e. The van der Waals surface area contributed by atoms with Gasteiger partial charge >= 0.3 is 0 Å². The van der Waals surface area contributed by atoms with Crippen LogP contribution in [0.2, 0.25) is 0 Å². The lowest BCUT2D eigenvalue weighted by molar-refractivity contribution is 0.114. The molecule has 3 rings (SSSR count). The van der Waals surface area contributed by atoms with Crippen LogP contribution >= 0.6 is 11.8 Å². The number of rotatable bonds is 12. The van der Waals surface area contributed by atoms with E-state index in [-0.39, 0.29) is 0 Å². The van der Waals surface area contributed by atoms with Crippen molar-refractivity contribution in [1.82, 2.24) is 20.0 Å². The predicted octanol–water partition coefficient (Wildman–Crippen LogP) is 4.47. The number of thioether (sulfide) groups is 1. The van der Waals surface area contributed by atoms with Gasteiger partial charge < -0.3 is 14.0 Å². The number of nitrogens with one attached hydrogen (secondary N) is 1. The number of unbranched alkanes of at least 4 members (excludes halogenated alkanes) is 1. The summed E-state index contributed by atoms with van der Waals surface area (Å²) >= 11 is 1.91. The van der Waals surface area contributed by atoms with Crippen molar-refractivity contribution in [2.24, 2.45) is 7.05 Å². The highest BCUT2D eigenvalue weighted by molar-refractivity contribution is 7.99. The van der Waals surface area contributed by atoms with E-state index >= 15 is 0 Å². The molecule has 1 N–H and O–H groups in total. The molecule has 7 heteroatoms. The molecule has 2 unspecified atom stereocenters. The van der Waals surface area contributed by atoms with Crippen molar-refractivity contribution >= 4 is 11.8 Å². The highest BCUT2D eigenvalue weighted by Crippen LogP contribution is 2.38. The smallest absolute Gasteiger partial charge is 0.167 e. The Labute approximate surface area is 191 Å². The molecular weight excluding hydrogens is 408 g/mol. The first-order chi connectivity index (χ1) is 15.1. The summed E-state index contributed by atoms with van der Waals surface area (Å²) in [7, 11) is 5.52. The molecular formula is C24H38N4O2S. The van der Waals surface area contributed by atoms with Crippen molar-refractivity contribution in [3.05, 3.63) is 35.7 Å². The number of aromatic nitrogens is 2. The third-order valence-electron chi connectivity index (χ3n) is 6.06. The number of benzene rings is 1. The zero-order valence-corrected chi connectivity index (χ0v) is 20.5. The Morgan fingerprint density at radius 3 is 2.77 bits per heavy atom. The van der Waals surface area contributed by atoms with Gasteiger partial charge in [-0.1, -0.05) is 44.5 Å². The van der Waals surface area contributed by atoms with Crippen LogP contribution in [0.15, 0.2) is 29.7 Å². The molecule has 0 spiro atoms. The minimum absolute atomic E-state index is 0.469. The molecule has 0 radical (unpaired) electrons. The van der Waals surface area contributed by atoms with E-state index in [0.717, 1.165) is 49.0 Å². The van der Waals surface area contributed by atoms with E-state index in [1.165, 1.54) is 30.4 Å². The van der Waals surface area contributed by atoms with Gasteiger partial charge in [-0.25, -0.2) is 9.99 Å². The summed E-state index contributed by atoms with van der Waals surface area (Å²) < 4.78 is 13.3. The number of aryl methyl sites for hydroxylation is 1. The number of nitrogens with zero attached hydrogens (tertiary/aromatic N) is 3. The van der Waals surface area contributed by atoms with Crippen LogP contribution in [0.4, 0.5) is 0 Å². The molecule has 1 aromatic carbocycles. The number of hydrazine groups is 1. The Morgan fingerprint density at radius 2 is 2.13 bits per heavy atom. The highest BCUT2D eigenvalue weighted by Gasteiger charge is 2.29. The fourth-order valence-electron chi connectivity index (χ4n) is 4.43. The standard InChI is InChI=1S/C24H38N4O2S/c1-6-8-9-20(31-24-25-14-15-27(24)3)17-28(26-7-2)19-11-12-21-18(16-19)10-13-22(29-4)23(21)30-5/h10,13-15,19-20,26H,6-9,11-12,16-17H2,1-5H3. The topological polar surface area (TPSA) is 51.6 Å². The molecule has 1 heterocycles. The third kappa shape index (κ3) is 5.96. The molecule has 1 aliphatic carbocycles. The van der Waals surface area contributed by atoms with E-state index in [4.69, 9.17) is 9.47 Å². The molecule has 31 heavy (non-hydrogen) atoms. The van der Waals surface area contributed by atoms with Gasteiger partial charge in [0.15, 0.2) is 16.7 Å². The van der Waals surface area contributed by atoms with E-state index in [0.29, 0.717) is 11.3 Å². The number of hydrogen-bond acceptors (Lipinski definition) is 6. The van der Waals surface area contributed by atoms with E-state index < -0.39 is 0 Å². The van der Waals surface area contributed by atoms with E-state index in [9.17, 15) is 0 Å². The lowest BCUT2D eigenvalue weighted by Crippen LogP contribution is -2.50. The van der Waals surface area contributed by atoms with Crippen molar-refractivity contribution in [2.45, 2.75) is 68.8 Å². The lowest BCUT2D eigenvalue weighted by atomic mass is 9.87. The van der Waals surface area contributed by atoms with Gasteiger partial charge in [0.05, 0.1) is 14.2 Å². The number of methoxy groups -OCH3 is 2. The van der Waals surface area contributed by atoms with E-state index in [1.807, 2.05) is 30.2 Å². The van der Waals surface area contributed by atoms with Gasteiger partial charge in [-0.15, -0.1) is 0 Å².